The smallest absolute Gasteiger partial charge is 0.240 e. The lowest BCUT2D eigenvalue weighted by atomic mass is 10.0. The molecule has 1 atom stereocenters. The number of nitrogens with one attached hydrogen (secondary N) is 1. The summed E-state index contributed by atoms with van der Waals surface area (Å²) in [7, 11) is -3.58. The SMILES string of the molecule is Cc1cc(C#N)ccc1S(=O)(=O)NCC1(C)CCCO1. The van der Waals surface area contributed by atoms with Crippen molar-refractivity contribution in [2.75, 3.05) is 13.2 Å². The molecular weight excluding hydrogens is 276 g/mol. The molecule has 1 saturated heterocycles. The summed E-state index contributed by atoms with van der Waals surface area (Å²) < 4.78 is 32.8. The maximum atomic E-state index is 12.3. The lowest BCUT2D eigenvalue weighted by Crippen LogP contribution is -2.40. The highest BCUT2D eigenvalue weighted by Crippen LogP contribution is 2.25. The minimum Gasteiger partial charge on any atom is -0.374 e. The highest BCUT2D eigenvalue weighted by atomic mass is 32.2. The first kappa shape index (κ1) is 15.0. The summed E-state index contributed by atoms with van der Waals surface area (Å²) in [6, 6.07) is 6.54. The summed E-state index contributed by atoms with van der Waals surface area (Å²) in [5.74, 6) is 0. The largest absolute Gasteiger partial charge is 0.374 e. The molecule has 1 unspecified atom stereocenters. The standard InChI is InChI=1S/C14H18N2O3S/c1-11-8-12(9-15)4-5-13(11)20(17,18)16-10-14(2)6-3-7-19-14/h4-5,8,16H,3,6-7,10H2,1-2H3. The molecule has 0 spiro atoms. The highest BCUT2D eigenvalue weighted by Gasteiger charge is 2.31. The van der Waals surface area contributed by atoms with Gasteiger partial charge < -0.3 is 4.74 Å². The van der Waals surface area contributed by atoms with Crippen LogP contribution < -0.4 is 4.72 Å². The molecule has 1 aliphatic rings. The summed E-state index contributed by atoms with van der Waals surface area (Å²) in [6.45, 7) is 4.53. The average Bonchev–Trinajstić information content (AvgIpc) is 2.84. The van der Waals surface area contributed by atoms with E-state index < -0.39 is 15.6 Å². The zero-order valence-corrected chi connectivity index (χ0v) is 12.5. The zero-order valence-electron chi connectivity index (χ0n) is 11.6. The van der Waals surface area contributed by atoms with Gasteiger partial charge in [-0.05, 0) is 50.5 Å². The van der Waals surface area contributed by atoms with Gasteiger partial charge in [0.05, 0.1) is 22.1 Å². The van der Waals surface area contributed by atoms with E-state index >= 15 is 0 Å². The second-order valence-corrected chi connectivity index (χ2v) is 7.05. The molecule has 1 aliphatic heterocycles. The minimum absolute atomic E-state index is 0.207. The molecular formula is C14H18N2O3S. The van der Waals surface area contributed by atoms with Crippen molar-refractivity contribution in [3.8, 4) is 6.07 Å². The molecule has 6 heteroatoms. The Morgan fingerprint density at radius 3 is 2.80 bits per heavy atom. The first-order valence-electron chi connectivity index (χ1n) is 6.51. The van der Waals surface area contributed by atoms with Crippen molar-refractivity contribution in [2.45, 2.75) is 37.2 Å². The summed E-state index contributed by atoms with van der Waals surface area (Å²) in [5.41, 5.74) is 0.592. The Morgan fingerprint density at radius 2 is 2.25 bits per heavy atom. The number of rotatable bonds is 4. The third-order valence-corrected chi connectivity index (χ3v) is 5.09. The Kier molecular flexibility index (Phi) is 4.14. The van der Waals surface area contributed by atoms with Crippen LogP contribution in [0.3, 0.4) is 0 Å². The van der Waals surface area contributed by atoms with E-state index in [0.29, 0.717) is 17.7 Å². The molecule has 1 fully saturated rings. The molecule has 1 N–H and O–H groups in total. The fourth-order valence-corrected chi connectivity index (χ4v) is 3.70. The molecule has 108 valence electrons. The molecule has 2 rings (SSSR count). The van der Waals surface area contributed by atoms with Crippen LogP contribution in [0.4, 0.5) is 0 Å². The quantitative estimate of drug-likeness (QED) is 0.917. The fraction of sp³-hybridized carbons (Fsp3) is 0.500. The van der Waals surface area contributed by atoms with Gasteiger partial charge in [-0.15, -0.1) is 0 Å². The lowest BCUT2D eigenvalue weighted by Gasteiger charge is -2.23. The predicted octanol–water partition coefficient (Wildman–Crippen LogP) is 1.71. The molecule has 0 bridgehead atoms. The second-order valence-electron chi connectivity index (χ2n) is 5.32. The van der Waals surface area contributed by atoms with Crippen LogP contribution in [0.25, 0.3) is 0 Å². The van der Waals surface area contributed by atoms with Crippen LogP contribution in [0.5, 0.6) is 0 Å². The van der Waals surface area contributed by atoms with E-state index in [1.807, 2.05) is 13.0 Å². The summed E-state index contributed by atoms with van der Waals surface area (Å²) in [5, 5.41) is 8.80. The Hall–Kier alpha value is -1.42. The average molecular weight is 294 g/mol. The van der Waals surface area contributed by atoms with Gasteiger partial charge in [0, 0.05) is 13.2 Å². The fourth-order valence-electron chi connectivity index (χ4n) is 2.32. The molecule has 0 amide bonds. The number of hydrogen-bond acceptors (Lipinski definition) is 4. The molecule has 5 nitrogen and oxygen atoms in total. The van der Waals surface area contributed by atoms with Gasteiger partial charge in [-0.1, -0.05) is 0 Å². The van der Waals surface area contributed by atoms with Crippen molar-refractivity contribution in [2.24, 2.45) is 0 Å². The second kappa shape index (κ2) is 5.52. The molecule has 0 saturated carbocycles. The third-order valence-electron chi connectivity index (χ3n) is 3.53. The van der Waals surface area contributed by atoms with Crippen molar-refractivity contribution < 1.29 is 13.2 Å². The van der Waals surface area contributed by atoms with Crippen LogP contribution in [-0.4, -0.2) is 27.2 Å². The Labute approximate surface area is 119 Å². The molecule has 0 radical (unpaired) electrons. The lowest BCUT2D eigenvalue weighted by molar-refractivity contribution is 0.0250. The number of benzene rings is 1. The van der Waals surface area contributed by atoms with E-state index in [9.17, 15) is 8.42 Å². The molecule has 0 aromatic heterocycles. The van der Waals surface area contributed by atoms with Gasteiger partial charge in [-0.2, -0.15) is 5.26 Å². The van der Waals surface area contributed by atoms with Gasteiger partial charge >= 0.3 is 0 Å². The maximum absolute atomic E-state index is 12.3. The topological polar surface area (TPSA) is 79.2 Å². The highest BCUT2D eigenvalue weighted by molar-refractivity contribution is 7.89. The van der Waals surface area contributed by atoms with Gasteiger partial charge in [0.15, 0.2) is 0 Å². The first-order valence-corrected chi connectivity index (χ1v) is 7.99. The number of ether oxygens (including phenoxy) is 1. The molecule has 20 heavy (non-hydrogen) atoms. The molecule has 0 aliphatic carbocycles. The molecule has 1 aromatic rings. The normalized spacial score (nSPS) is 22.6. The first-order chi connectivity index (χ1) is 9.36. The number of nitriles is 1. The third kappa shape index (κ3) is 3.18. The van der Waals surface area contributed by atoms with Crippen LogP contribution in [0.1, 0.15) is 30.9 Å². The van der Waals surface area contributed by atoms with Crippen LogP contribution in [-0.2, 0) is 14.8 Å². The molecule has 1 aromatic carbocycles. The van der Waals surface area contributed by atoms with Gasteiger partial charge in [0.1, 0.15) is 0 Å². The van der Waals surface area contributed by atoms with Crippen molar-refractivity contribution in [1.29, 1.82) is 5.26 Å². The Bertz CT molecular complexity index is 641. The van der Waals surface area contributed by atoms with E-state index in [0.717, 1.165) is 12.8 Å². The monoisotopic (exact) mass is 294 g/mol. The Morgan fingerprint density at radius 1 is 1.50 bits per heavy atom. The number of hydrogen-bond donors (Lipinski definition) is 1. The van der Waals surface area contributed by atoms with E-state index in [2.05, 4.69) is 4.72 Å². The zero-order chi connectivity index (χ0) is 14.8. The van der Waals surface area contributed by atoms with Gasteiger partial charge in [0.2, 0.25) is 10.0 Å². The van der Waals surface area contributed by atoms with Crippen LogP contribution in [0.15, 0.2) is 23.1 Å². The van der Waals surface area contributed by atoms with E-state index in [4.69, 9.17) is 10.00 Å². The number of sulfonamides is 1. The summed E-state index contributed by atoms with van der Waals surface area (Å²) >= 11 is 0. The predicted molar refractivity (Wildman–Crippen MR) is 74.7 cm³/mol. The summed E-state index contributed by atoms with van der Waals surface area (Å²) in [4.78, 5) is 0.207. The van der Waals surface area contributed by atoms with Gasteiger partial charge in [-0.3, -0.25) is 0 Å². The van der Waals surface area contributed by atoms with Crippen molar-refractivity contribution in [3.63, 3.8) is 0 Å². The minimum atomic E-state index is -3.58. The van der Waals surface area contributed by atoms with Crippen molar-refractivity contribution in [3.05, 3.63) is 29.3 Å². The van der Waals surface area contributed by atoms with E-state index in [1.165, 1.54) is 12.1 Å². The van der Waals surface area contributed by atoms with Crippen LogP contribution in [0, 0.1) is 18.3 Å². The van der Waals surface area contributed by atoms with Gasteiger partial charge in [0.25, 0.3) is 0 Å². The maximum Gasteiger partial charge on any atom is 0.240 e. The number of nitrogens with zero attached hydrogens (tertiary/aromatic N) is 1. The van der Waals surface area contributed by atoms with Crippen molar-refractivity contribution >= 4 is 10.0 Å². The molecule has 1 heterocycles. The van der Waals surface area contributed by atoms with Gasteiger partial charge in [-0.25, -0.2) is 13.1 Å². The van der Waals surface area contributed by atoms with Crippen molar-refractivity contribution in [1.82, 2.24) is 4.72 Å². The van der Waals surface area contributed by atoms with E-state index in [1.54, 1.807) is 13.0 Å². The Balaban J connectivity index is 2.16. The van der Waals surface area contributed by atoms with E-state index in [-0.39, 0.29) is 11.4 Å². The van der Waals surface area contributed by atoms with Crippen LogP contribution in [0.2, 0.25) is 0 Å². The number of aryl methyl sites for hydroxylation is 1. The summed E-state index contributed by atoms with van der Waals surface area (Å²) in [6.07, 6.45) is 1.80. The van der Waals surface area contributed by atoms with Crippen LogP contribution >= 0.6 is 0 Å².